The Bertz CT molecular complexity index is 430. The quantitative estimate of drug-likeness (QED) is 0.605. The van der Waals surface area contributed by atoms with Crippen LogP contribution >= 0.6 is 31.9 Å². The zero-order valence-corrected chi connectivity index (χ0v) is 11.6. The maximum absolute atomic E-state index is 13.3. The first-order valence-electron chi connectivity index (χ1n) is 4.54. The smallest absolute Gasteiger partial charge is 0.367 e. The lowest BCUT2D eigenvalue weighted by Gasteiger charge is -2.01. The van der Waals surface area contributed by atoms with Gasteiger partial charge in [-0.2, -0.15) is 4.39 Å². The van der Waals surface area contributed by atoms with Crippen LogP contribution in [0.3, 0.4) is 0 Å². The van der Waals surface area contributed by atoms with Crippen molar-refractivity contribution in [1.82, 2.24) is 0 Å². The number of hydrogen-bond acceptors (Lipinski definition) is 2. The summed E-state index contributed by atoms with van der Waals surface area (Å²) in [4.78, 5) is 11.1. The molecule has 0 aliphatic carbocycles. The predicted octanol–water partition coefficient (Wildman–Crippen LogP) is 4.09. The van der Waals surface area contributed by atoms with E-state index in [1.54, 1.807) is 19.1 Å². The molecule has 0 unspecified atom stereocenters. The lowest BCUT2D eigenvalue weighted by molar-refractivity contribution is -0.140. The SMILES string of the molecule is CCOC(=O)/C(F)=C/c1cc(Br)ccc1Br. The normalized spacial score (nSPS) is 11.4. The van der Waals surface area contributed by atoms with Crippen LogP contribution < -0.4 is 0 Å². The van der Waals surface area contributed by atoms with Crippen molar-refractivity contribution >= 4 is 43.9 Å². The molecule has 86 valence electrons. The Labute approximate surface area is 110 Å². The summed E-state index contributed by atoms with van der Waals surface area (Å²) < 4.78 is 19.4. The molecule has 1 aromatic carbocycles. The molecule has 0 atom stereocenters. The van der Waals surface area contributed by atoms with E-state index in [1.807, 2.05) is 6.07 Å². The molecule has 1 aromatic rings. The van der Waals surface area contributed by atoms with Gasteiger partial charge in [0.15, 0.2) is 0 Å². The molecule has 16 heavy (non-hydrogen) atoms. The fourth-order valence-electron chi connectivity index (χ4n) is 1.02. The van der Waals surface area contributed by atoms with Crippen LogP contribution in [0, 0.1) is 0 Å². The Kier molecular flexibility index (Phi) is 5.15. The first kappa shape index (κ1) is 13.4. The van der Waals surface area contributed by atoms with Crippen molar-refractivity contribution in [2.45, 2.75) is 6.92 Å². The summed E-state index contributed by atoms with van der Waals surface area (Å²) in [5.74, 6) is -1.87. The van der Waals surface area contributed by atoms with Gasteiger partial charge < -0.3 is 4.74 Å². The average Bonchev–Trinajstić information content (AvgIpc) is 2.23. The maximum atomic E-state index is 13.3. The fraction of sp³-hybridized carbons (Fsp3) is 0.182. The number of benzene rings is 1. The lowest BCUT2D eigenvalue weighted by atomic mass is 10.2. The largest absolute Gasteiger partial charge is 0.461 e. The number of carbonyl (C=O) groups is 1. The topological polar surface area (TPSA) is 26.3 Å². The third-order valence-corrected chi connectivity index (χ3v) is 2.93. The van der Waals surface area contributed by atoms with Gasteiger partial charge in [0.05, 0.1) is 6.61 Å². The standard InChI is InChI=1S/C11H9Br2FO2/c1-2-16-11(15)10(14)6-7-5-8(12)3-4-9(7)13/h3-6H,2H2,1H3/b10-6-. The molecule has 0 radical (unpaired) electrons. The van der Waals surface area contributed by atoms with Crippen LogP contribution in [0.15, 0.2) is 33.0 Å². The second-order valence-corrected chi connectivity index (χ2v) is 4.65. The zero-order valence-electron chi connectivity index (χ0n) is 8.47. The molecule has 0 saturated heterocycles. The van der Waals surface area contributed by atoms with Crippen molar-refractivity contribution in [2.75, 3.05) is 6.61 Å². The minimum atomic E-state index is -0.950. The Balaban J connectivity index is 2.97. The van der Waals surface area contributed by atoms with E-state index in [-0.39, 0.29) is 6.61 Å². The third kappa shape index (κ3) is 3.72. The number of hydrogen-bond donors (Lipinski definition) is 0. The Morgan fingerprint density at radius 1 is 1.50 bits per heavy atom. The molecule has 0 spiro atoms. The number of halogens is 3. The third-order valence-electron chi connectivity index (χ3n) is 1.71. The fourth-order valence-corrected chi connectivity index (χ4v) is 1.76. The molecule has 0 fully saturated rings. The van der Waals surface area contributed by atoms with Gasteiger partial charge in [0, 0.05) is 8.95 Å². The maximum Gasteiger partial charge on any atom is 0.367 e. The number of rotatable bonds is 3. The molecule has 0 N–H and O–H groups in total. The van der Waals surface area contributed by atoms with Gasteiger partial charge in [-0.3, -0.25) is 0 Å². The van der Waals surface area contributed by atoms with E-state index in [0.29, 0.717) is 10.0 Å². The Morgan fingerprint density at radius 2 is 2.19 bits per heavy atom. The van der Waals surface area contributed by atoms with E-state index >= 15 is 0 Å². The summed E-state index contributed by atoms with van der Waals surface area (Å²) in [7, 11) is 0. The summed E-state index contributed by atoms with van der Waals surface area (Å²) in [5, 5.41) is 0. The summed E-state index contributed by atoms with van der Waals surface area (Å²) in [6.07, 6.45) is 1.13. The minimum absolute atomic E-state index is 0.153. The highest BCUT2D eigenvalue weighted by Crippen LogP contribution is 2.24. The molecule has 0 bridgehead atoms. The lowest BCUT2D eigenvalue weighted by Crippen LogP contribution is -2.03. The van der Waals surface area contributed by atoms with Crippen molar-refractivity contribution in [3.8, 4) is 0 Å². The van der Waals surface area contributed by atoms with Gasteiger partial charge >= 0.3 is 5.97 Å². The molecular weight excluding hydrogens is 343 g/mol. The van der Waals surface area contributed by atoms with Crippen LogP contribution in [-0.2, 0) is 9.53 Å². The van der Waals surface area contributed by atoms with Crippen LogP contribution in [0.1, 0.15) is 12.5 Å². The van der Waals surface area contributed by atoms with E-state index in [1.165, 1.54) is 0 Å². The van der Waals surface area contributed by atoms with E-state index < -0.39 is 11.8 Å². The second-order valence-electron chi connectivity index (χ2n) is 2.88. The first-order valence-corrected chi connectivity index (χ1v) is 6.12. The van der Waals surface area contributed by atoms with Crippen LogP contribution in [0.5, 0.6) is 0 Å². The summed E-state index contributed by atoms with van der Waals surface area (Å²) >= 11 is 6.53. The minimum Gasteiger partial charge on any atom is -0.461 e. The molecule has 0 aliphatic rings. The van der Waals surface area contributed by atoms with E-state index in [4.69, 9.17) is 0 Å². The summed E-state index contributed by atoms with van der Waals surface area (Å²) in [6, 6.07) is 5.26. The van der Waals surface area contributed by atoms with Crippen molar-refractivity contribution in [1.29, 1.82) is 0 Å². The number of carbonyl (C=O) groups excluding carboxylic acids is 1. The molecule has 2 nitrogen and oxygen atoms in total. The van der Waals surface area contributed by atoms with Gasteiger partial charge in [-0.15, -0.1) is 0 Å². The first-order chi connectivity index (χ1) is 7.54. The highest BCUT2D eigenvalue weighted by Gasteiger charge is 2.10. The highest BCUT2D eigenvalue weighted by atomic mass is 79.9. The highest BCUT2D eigenvalue weighted by molar-refractivity contribution is 9.11. The van der Waals surface area contributed by atoms with Crippen LogP contribution in [0.4, 0.5) is 4.39 Å². The van der Waals surface area contributed by atoms with Crippen molar-refractivity contribution < 1.29 is 13.9 Å². The monoisotopic (exact) mass is 350 g/mol. The number of esters is 1. The van der Waals surface area contributed by atoms with E-state index in [0.717, 1.165) is 10.5 Å². The molecule has 5 heteroatoms. The van der Waals surface area contributed by atoms with Crippen LogP contribution in [-0.4, -0.2) is 12.6 Å². The summed E-state index contributed by atoms with van der Waals surface area (Å²) in [6.45, 7) is 1.78. The second kappa shape index (κ2) is 6.15. The summed E-state index contributed by atoms with van der Waals surface area (Å²) in [5.41, 5.74) is 0.569. The van der Waals surface area contributed by atoms with Gasteiger partial charge in [-0.1, -0.05) is 31.9 Å². The van der Waals surface area contributed by atoms with Gasteiger partial charge in [0.2, 0.25) is 5.83 Å². The molecule has 0 aromatic heterocycles. The average molecular weight is 352 g/mol. The molecular formula is C11H9Br2FO2. The van der Waals surface area contributed by atoms with Gasteiger partial charge in [0.25, 0.3) is 0 Å². The van der Waals surface area contributed by atoms with Gasteiger partial charge in [-0.25, -0.2) is 4.79 Å². The molecule has 0 amide bonds. The molecule has 0 saturated carbocycles. The number of ether oxygens (including phenoxy) is 1. The van der Waals surface area contributed by atoms with E-state index in [2.05, 4.69) is 36.6 Å². The van der Waals surface area contributed by atoms with Crippen LogP contribution in [0.25, 0.3) is 6.08 Å². The predicted molar refractivity (Wildman–Crippen MR) is 67.6 cm³/mol. The van der Waals surface area contributed by atoms with Gasteiger partial charge in [0.1, 0.15) is 0 Å². The van der Waals surface area contributed by atoms with Crippen molar-refractivity contribution in [3.63, 3.8) is 0 Å². The van der Waals surface area contributed by atoms with E-state index in [9.17, 15) is 9.18 Å². The Morgan fingerprint density at radius 3 is 2.81 bits per heavy atom. The molecule has 0 aliphatic heterocycles. The Hall–Kier alpha value is -0.680. The molecule has 1 rings (SSSR count). The van der Waals surface area contributed by atoms with Crippen LogP contribution in [0.2, 0.25) is 0 Å². The van der Waals surface area contributed by atoms with Gasteiger partial charge in [-0.05, 0) is 36.8 Å². The molecule has 0 heterocycles. The van der Waals surface area contributed by atoms with Crippen molar-refractivity contribution in [3.05, 3.63) is 38.5 Å². The van der Waals surface area contributed by atoms with Crippen molar-refractivity contribution in [2.24, 2.45) is 0 Å². The zero-order chi connectivity index (χ0) is 12.1.